The van der Waals surface area contributed by atoms with Crippen LogP contribution in [0.5, 0.6) is 0 Å². The topological polar surface area (TPSA) is 94.6 Å². The van der Waals surface area contributed by atoms with Crippen LogP contribution in [0.3, 0.4) is 0 Å². The van der Waals surface area contributed by atoms with E-state index in [9.17, 15) is 22.9 Å². The van der Waals surface area contributed by atoms with Crippen molar-refractivity contribution in [2.45, 2.75) is 10.6 Å². The van der Waals surface area contributed by atoms with Gasteiger partial charge in [-0.3, -0.25) is 0 Å². The van der Waals surface area contributed by atoms with Crippen molar-refractivity contribution in [3.63, 3.8) is 0 Å². The number of fused-ring (bicyclic) bond motifs is 1. The predicted molar refractivity (Wildman–Crippen MR) is 86.8 cm³/mol. The van der Waals surface area contributed by atoms with Crippen LogP contribution < -0.4 is 0 Å². The molecule has 0 spiro atoms. The van der Waals surface area contributed by atoms with Crippen molar-refractivity contribution in [3.8, 4) is 0 Å². The van der Waals surface area contributed by atoms with Gasteiger partial charge >= 0.3 is 5.82 Å². The van der Waals surface area contributed by atoms with Crippen molar-refractivity contribution >= 4 is 37.2 Å². The van der Waals surface area contributed by atoms with E-state index < -0.39 is 32.1 Å². The third kappa shape index (κ3) is 3.02. The molecule has 0 amide bonds. The molecule has 0 saturated carbocycles. The lowest BCUT2D eigenvalue weighted by Crippen LogP contribution is -2.07. The highest BCUT2D eigenvalue weighted by atomic mass is 79.9. The first-order valence-electron chi connectivity index (χ1n) is 6.57. The van der Waals surface area contributed by atoms with Gasteiger partial charge < -0.3 is 10.1 Å². The van der Waals surface area contributed by atoms with Crippen LogP contribution in [0.2, 0.25) is 0 Å². The summed E-state index contributed by atoms with van der Waals surface area (Å²) < 4.78 is 39.6. The Morgan fingerprint density at radius 3 is 2.50 bits per heavy atom. The number of pyridine rings is 1. The lowest BCUT2D eigenvalue weighted by Gasteiger charge is -2.03. The Morgan fingerprint density at radius 1 is 1.21 bits per heavy atom. The molecule has 0 radical (unpaired) electrons. The summed E-state index contributed by atoms with van der Waals surface area (Å²) in [6.07, 6.45) is 1.44. The number of nitrogens with zero attached hydrogens (tertiary/aromatic N) is 3. The predicted octanol–water partition coefficient (Wildman–Crippen LogP) is 3.12. The van der Waals surface area contributed by atoms with Gasteiger partial charge in [0.1, 0.15) is 17.8 Å². The number of hydrogen-bond donors (Lipinski definition) is 0. The number of halogens is 2. The van der Waals surface area contributed by atoms with E-state index in [4.69, 9.17) is 0 Å². The molecule has 24 heavy (non-hydrogen) atoms. The molecule has 0 unspecified atom stereocenters. The van der Waals surface area contributed by atoms with E-state index in [-0.39, 0.29) is 16.2 Å². The fraction of sp³-hybridized carbons (Fsp3) is 0.0714. The van der Waals surface area contributed by atoms with Crippen molar-refractivity contribution in [3.05, 3.63) is 68.7 Å². The van der Waals surface area contributed by atoms with Gasteiger partial charge in [-0.25, -0.2) is 17.8 Å². The van der Waals surface area contributed by atoms with Crippen LogP contribution in [-0.4, -0.2) is 22.7 Å². The van der Waals surface area contributed by atoms with Gasteiger partial charge in [-0.15, -0.1) is 0 Å². The van der Waals surface area contributed by atoms with Gasteiger partial charge in [-0.2, -0.15) is 4.40 Å². The van der Waals surface area contributed by atoms with Crippen molar-refractivity contribution in [2.24, 2.45) is 0 Å². The molecule has 7 nitrogen and oxygen atoms in total. The normalized spacial score (nSPS) is 11.8. The number of nitro groups is 1. The van der Waals surface area contributed by atoms with E-state index in [1.807, 2.05) is 0 Å². The van der Waals surface area contributed by atoms with Crippen LogP contribution in [-0.2, 0) is 15.6 Å². The Kier molecular flexibility index (Phi) is 4.10. The van der Waals surface area contributed by atoms with Gasteiger partial charge in [0.15, 0.2) is 15.5 Å². The molecule has 0 atom stereocenters. The minimum atomic E-state index is -3.90. The maximum atomic E-state index is 12.9. The average Bonchev–Trinajstić information content (AvgIpc) is 2.84. The summed E-state index contributed by atoms with van der Waals surface area (Å²) in [5, 5.41) is 11.4. The molecule has 124 valence electrons. The minimum Gasteiger partial charge on any atom is -0.358 e. The average molecular weight is 414 g/mol. The van der Waals surface area contributed by atoms with E-state index in [2.05, 4.69) is 20.9 Å². The van der Waals surface area contributed by atoms with Crippen molar-refractivity contribution < 1.29 is 17.7 Å². The van der Waals surface area contributed by atoms with Crippen LogP contribution in [0.15, 0.2) is 52.0 Å². The maximum Gasteiger partial charge on any atom is 0.352 e. The Morgan fingerprint density at radius 2 is 1.88 bits per heavy atom. The Bertz CT molecular complexity index is 1050. The van der Waals surface area contributed by atoms with E-state index in [0.29, 0.717) is 4.47 Å². The van der Waals surface area contributed by atoms with Crippen molar-refractivity contribution in [1.82, 2.24) is 9.38 Å². The molecule has 0 aliphatic heterocycles. The summed E-state index contributed by atoms with van der Waals surface area (Å²) in [5.41, 5.74) is 0.0802. The zero-order chi connectivity index (χ0) is 17.5. The molecule has 3 rings (SSSR count). The van der Waals surface area contributed by atoms with E-state index in [1.165, 1.54) is 16.7 Å². The van der Waals surface area contributed by atoms with Crippen LogP contribution in [0, 0.1) is 15.9 Å². The third-order valence-electron chi connectivity index (χ3n) is 3.30. The monoisotopic (exact) mass is 413 g/mol. The summed E-state index contributed by atoms with van der Waals surface area (Å²) in [6, 6.07) is 7.44. The highest BCUT2D eigenvalue weighted by Gasteiger charge is 2.28. The summed E-state index contributed by atoms with van der Waals surface area (Å²) >= 11 is 3.20. The Labute approximate surface area is 144 Å². The van der Waals surface area contributed by atoms with Gasteiger partial charge in [0.05, 0.1) is 9.37 Å². The van der Waals surface area contributed by atoms with E-state index in [1.54, 1.807) is 6.07 Å². The lowest BCUT2D eigenvalue weighted by molar-refractivity contribution is -0.391. The van der Waals surface area contributed by atoms with Crippen molar-refractivity contribution in [1.29, 1.82) is 0 Å². The number of hydrogen-bond acceptors (Lipinski definition) is 5. The van der Waals surface area contributed by atoms with E-state index in [0.717, 1.165) is 24.3 Å². The number of benzene rings is 1. The number of aromatic nitrogens is 2. The van der Waals surface area contributed by atoms with Gasteiger partial charge in [0.25, 0.3) is 0 Å². The maximum absolute atomic E-state index is 12.9. The first-order chi connectivity index (χ1) is 11.3. The second kappa shape index (κ2) is 5.95. The minimum absolute atomic E-state index is 0.128. The molecule has 0 aliphatic carbocycles. The molecule has 2 aromatic heterocycles. The second-order valence-corrected chi connectivity index (χ2v) is 7.83. The first kappa shape index (κ1) is 16.5. The largest absolute Gasteiger partial charge is 0.358 e. The Hall–Kier alpha value is -2.33. The zero-order valence-electron chi connectivity index (χ0n) is 11.9. The molecular weight excluding hydrogens is 405 g/mol. The van der Waals surface area contributed by atoms with Crippen LogP contribution in [0.25, 0.3) is 5.65 Å². The number of imidazole rings is 1. The summed E-state index contributed by atoms with van der Waals surface area (Å²) in [4.78, 5) is 14.6. The van der Waals surface area contributed by atoms with Crippen LogP contribution >= 0.6 is 15.9 Å². The molecule has 0 bridgehead atoms. The molecule has 1 aromatic carbocycles. The summed E-state index contributed by atoms with van der Waals surface area (Å²) in [7, 11) is -3.90. The van der Waals surface area contributed by atoms with Gasteiger partial charge in [0.2, 0.25) is 5.65 Å². The SMILES string of the molecule is O=[N+]([O-])c1c(CS(=O)(=O)c2ccc(F)cc2)nc2ccc(Br)cn12. The number of rotatable bonds is 4. The number of sulfone groups is 1. The zero-order valence-corrected chi connectivity index (χ0v) is 14.3. The molecule has 0 saturated heterocycles. The fourth-order valence-corrected chi connectivity index (χ4v) is 3.86. The van der Waals surface area contributed by atoms with Crippen molar-refractivity contribution in [2.75, 3.05) is 0 Å². The highest BCUT2D eigenvalue weighted by Crippen LogP contribution is 2.26. The molecule has 3 aromatic rings. The second-order valence-electron chi connectivity index (χ2n) is 4.93. The lowest BCUT2D eigenvalue weighted by atomic mass is 10.4. The quantitative estimate of drug-likeness (QED) is 0.372. The molecule has 0 N–H and O–H groups in total. The third-order valence-corrected chi connectivity index (χ3v) is 5.41. The summed E-state index contributed by atoms with van der Waals surface area (Å²) in [6.45, 7) is 0. The molecular formula is C14H9BrFN3O4S. The van der Waals surface area contributed by atoms with Gasteiger partial charge in [-0.1, -0.05) is 0 Å². The molecule has 10 heteroatoms. The Balaban J connectivity index is 2.11. The van der Waals surface area contributed by atoms with Crippen LogP contribution in [0.4, 0.5) is 10.2 Å². The highest BCUT2D eigenvalue weighted by molar-refractivity contribution is 9.10. The molecule has 2 heterocycles. The van der Waals surface area contributed by atoms with Gasteiger partial charge in [-0.05, 0) is 51.2 Å². The standard InChI is InChI=1S/C14H9BrFN3O4S/c15-9-1-6-13-17-12(14(19(20)21)18(13)7-9)8-24(22,23)11-4-2-10(16)3-5-11/h1-7H,8H2. The smallest absolute Gasteiger partial charge is 0.352 e. The van der Waals surface area contributed by atoms with E-state index >= 15 is 0 Å². The fourth-order valence-electron chi connectivity index (χ4n) is 2.25. The van der Waals surface area contributed by atoms with Crippen LogP contribution in [0.1, 0.15) is 5.69 Å². The molecule has 0 fully saturated rings. The summed E-state index contributed by atoms with van der Waals surface area (Å²) in [5.74, 6) is -1.65. The van der Waals surface area contributed by atoms with Gasteiger partial charge in [0, 0.05) is 6.07 Å². The molecule has 0 aliphatic rings. The first-order valence-corrected chi connectivity index (χ1v) is 9.02.